The first-order valence-corrected chi connectivity index (χ1v) is 11.3. The van der Waals surface area contributed by atoms with Crippen LogP contribution in [0.1, 0.15) is 61.6 Å². The van der Waals surface area contributed by atoms with Gasteiger partial charge in [0.2, 0.25) is 11.8 Å². The summed E-state index contributed by atoms with van der Waals surface area (Å²) < 4.78 is 5.64. The number of anilines is 1. The summed E-state index contributed by atoms with van der Waals surface area (Å²) in [7, 11) is 2.08. The highest BCUT2D eigenvalue weighted by molar-refractivity contribution is 5.78. The number of aryl methyl sites for hydroxylation is 1. The van der Waals surface area contributed by atoms with E-state index in [2.05, 4.69) is 18.9 Å². The van der Waals surface area contributed by atoms with E-state index in [-0.39, 0.29) is 24.5 Å². The van der Waals surface area contributed by atoms with Gasteiger partial charge in [0.25, 0.3) is 0 Å². The van der Waals surface area contributed by atoms with Crippen molar-refractivity contribution in [3.63, 3.8) is 0 Å². The van der Waals surface area contributed by atoms with E-state index in [1.165, 1.54) is 5.56 Å². The lowest BCUT2D eigenvalue weighted by atomic mass is 9.99. The fraction of sp³-hybridized carbons (Fsp3) is 0.727. The molecule has 4 rings (SSSR count). The van der Waals surface area contributed by atoms with Crippen LogP contribution < -0.4 is 4.90 Å². The molecule has 8 heteroatoms. The largest absolute Gasteiger partial charge is 0.370 e. The molecule has 0 aliphatic carbocycles. The minimum absolute atomic E-state index is 0.0141. The molecule has 0 aromatic carbocycles. The van der Waals surface area contributed by atoms with Crippen LogP contribution in [0.5, 0.6) is 0 Å². The lowest BCUT2D eigenvalue weighted by molar-refractivity contribution is -0.140. The SMILES string of the molecule is Cc1nc([C@H]2CCCCN2C(=O)COCCN2CCCC2=O)nc2c1CCCN2C. The topological polar surface area (TPSA) is 78.9 Å². The van der Waals surface area contributed by atoms with Crippen LogP contribution in [0.25, 0.3) is 0 Å². The van der Waals surface area contributed by atoms with Crippen molar-refractivity contribution in [2.75, 3.05) is 51.3 Å². The second kappa shape index (κ2) is 9.29. The summed E-state index contributed by atoms with van der Waals surface area (Å²) in [6.45, 7) is 5.58. The Bertz CT molecular complexity index is 799. The Labute approximate surface area is 178 Å². The first-order valence-electron chi connectivity index (χ1n) is 11.3. The number of carbonyl (C=O) groups excluding carboxylic acids is 2. The van der Waals surface area contributed by atoms with Crippen molar-refractivity contribution in [1.29, 1.82) is 0 Å². The number of aromatic nitrogens is 2. The summed E-state index contributed by atoms with van der Waals surface area (Å²) in [4.78, 5) is 40.3. The van der Waals surface area contributed by atoms with Crippen LogP contribution in [-0.4, -0.2) is 78.0 Å². The number of likely N-dealkylation sites (tertiary alicyclic amines) is 2. The Kier molecular flexibility index (Phi) is 6.51. The molecule has 8 nitrogen and oxygen atoms in total. The van der Waals surface area contributed by atoms with Crippen molar-refractivity contribution in [3.8, 4) is 0 Å². The lowest BCUT2D eigenvalue weighted by Crippen LogP contribution is -2.42. The van der Waals surface area contributed by atoms with Gasteiger partial charge < -0.3 is 19.4 Å². The molecular weight excluding hydrogens is 382 g/mol. The average Bonchev–Trinajstić information content (AvgIpc) is 3.16. The Morgan fingerprint density at radius 3 is 2.73 bits per heavy atom. The van der Waals surface area contributed by atoms with E-state index in [4.69, 9.17) is 14.7 Å². The van der Waals surface area contributed by atoms with Gasteiger partial charge in [-0.1, -0.05) is 0 Å². The number of carbonyl (C=O) groups is 2. The maximum Gasteiger partial charge on any atom is 0.249 e. The second-order valence-corrected chi connectivity index (χ2v) is 8.63. The Morgan fingerprint density at radius 1 is 1.10 bits per heavy atom. The summed E-state index contributed by atoms with van der Waals surface area (Å²) in [5.41, 5.74) is 2.27. The first kappa shape index (κ1) is 21.0. The number of rotatable bonds is 6. The summed E-state index contributed by atoms with van der Waals surface area (Å²) in [6.07, 6.45) is 6.65. The van der Waals surface area contributed by atoms with Crippen LogP contribution in [-0.2, 0) is 20.7 Å². The molecule has 3 aliphatic heterocycles. The molecule has 164 valence electrons. The smallest absolute Gasteiger partial charge is 0.249 e. The zero-order valence-electron chi connectivity index (χ0n) is 18.2. The molecule has 0 N–H and O–H groups in total. The van der Waals surface area contributed by atoms with Gasteiger partial charge >= 0.3 is 0 Å². The van der Waals surface area contributed by atoms with Crippen LogP contribution >= 0.6 is 0 Å². The highest BCUT2D eigenvalue weighted by atomic mass is 16.5. The predicted molar refractivity (Wildman–Crippen MR) is 113 cm³/mol. The van der Waals surface area contributed by atoms with Crippen molar-refractivity contribution in [3.05, 3.63) is 17.1 Å². The van der Waals surface area contributed by atoms with Gasteiger partial charge in [0, 0.05) is 50.9 Å². The molecule has 2 fully saturated rings. The zero-order chi connectivity index (χ0) is 21.1. The molecule has 0 radical (unpaired) electrons. The van der Waals surface area contributed by atoms with Gasteiger partial charge in [-0.2, -0.15) is 0 Å². The van der Waals surface area contributed by atoms with Crippen molar-refractivity contribution in [2.45, 2.75) is 57.9 Å². The summed E-state index contributed by atoms with van der Waals surface area (Å²) in [5.74, 6) is 1.95. The molecule has 1 aromatic rings. The van der Waals surface area contributed by atoms with Crippen molar-refractivity contribution >= 4 is 17.6 Å². The van der Waals surface area contributed by atoms with Crippen LogP contribution in [0.15, 0.2) is 0 Å². The maximum absolute atomic E-state index is 12.9. The third-order valence-corrected chi connectivity index (χ3v) is 6.51. The molecular formula is C22H33N5O3. The van der Waals surface area contributed by atoms with Crippen LogP contribution in [0.2, 0.25) is 0 Å². The third-order valence-electron chi connectivity index (χ3n) is 6.51. The van der Waals surface area contributed by atoms with E-state index in [1.807, 2.05) is 9.80 Å². The van der Waals surface area contributed by atoms with E-state index >= 15 is 0 Å². The van der Waals surface area contributed by atoms with Crippen molar-refractivity contribution in [2.24, 2.45) is 0 Å². The summed E-state index contributed by atoms with van der Waals surface area (Å²) >= 11 is 0. The predicted octanol–water partition coefficient (Wildman–Crippen LogP) is 1.86. The molecule has 0 bridgehead atoms. The normalized spacial score (nSPS) is 21.9. The molecule has 0 spiro atoms. The van der Waals surface area contributed by atoms with E-state index in [9.17, 15) is 9.59 Å². The number of ether oxygens (including phenoxy) is 1. The fourth-order valence-corrected chi connectivity index (χ4v) is 4.81. The second-order valence-electron chi connectivity index (χ2n) is 8.63. The Morgan fingerprint density at radius 2 is 1.93 bits per heavy atom. The average molecular weight is 416 g/mol. The molecule has 2 amide bonds. The van der Waals surface area contributed by atoms with Gasteiger partial charge in [0.1, 0.15) is 12.4 Å². The summed E-state index contributed by atoms with van der Waals surface area (Å²) in [5, 5.41) is 0. The standard InChI is InChI=1S/C22H33N5O3/c1-16-17-7-5-10-25(2)22(17)24-21(23-16)18-8-3-4-12-27(18)20(29)15-30-14-13-26-11-6-9-19(26)28/h18H,3-15H2,1-2H3/t18-/m1/s1. The molecule has 2 saturated heterocycles. The monoisotopic (exact) mass is 415 g/mol. The Hall–Kier alpha value is -2.22. The zero-order valence-corrected chi connectivity index (χ0v) is 18.2. The number of hydrogen-bond acceptors (Lipinski definition) is 6. The number of amides is 2. The van der Waals surface area contributed by atoms with Crippen LogP contribution in [0.3, 0.4) is 0 Å². The highest BCUT2D eigenvalue weighted by Gasteiger charge is 2.32. The number of nitrogens with zero attached hydrogens (tertiary/aromatic N) is 5. The van der Waals surface area contributed by atoms with Gasteiger partial charge in [0.15, 0.2) is 5.82 Å². The first-order chi connectivity index (χ1) is 14.5. The van der Waals surface area contributed by atoms with Gasteiger partial charge in [-0.25, -0.2) is 9.97 Å². The third kappa shape index (κ3) is 4.43. The minimum Gasteiger partial charge on any atom is -0.370 e. The van der Waals surface area contributed by atoms with Gasteiger partial charge in [-0.05, 0) is 45.4 Å². The van der Waals surface area contributed by atoms with E-state index in [0.29, 0.717) is 26.1 Å². The molecule has 4 heterocycles. The van der Waals surface area contributed by atoms with E-state index in [1.54, 1.807) is 0 Å². The molecule has 1 aromatic heterocycles. The molecule has 0 saturated carbocycles. The van der Waals surface area contributed by atoms with Gasteiger partial charge in [-0.15, -0.1) is 0 Å². The lowest BCUT2D eigenvalue weighted by Gasteiger charge is -2.36. The quantitative estimate of drug-likeness (QED) is 0.660. The molecule has 30 heavy (non-hydrogen) atoms. The highest BCUT2D eigenvalue weighted by Crippen LogP contribution is 2.33. The fourth-order valence-electron chi connectivity index (χ4n) is 4.81. The molecule has 0 unspecified atom stereocenters. The van der Waals surface area contributed by atoms with Crippen molar-refractivity contribution in [1.82, 2.24) is 19.8 Å². The molecule has 1 atom stereocenters. The van der Waals surface area contributed by atoms with Crippen LogP contribution in [0.4, 0.5) is 5.82 Å². The maximum atomic E-state index is 12.9. The van der Waals surface area contributed by atoms with E-state index in [0.717, 1.165) is 69.0 Å². The molecule has 3 aliphatic rings. The Balaban J connectivity index is 1.40. The number of hydrogen-bond donors (Lipinski definition) is 0. The summed E-state index contributed by atoms with van der Waals surface area (Å²) in [6, 6.07) is -0.0886. The van der Waals surface area contributed by atoms with Crippen molar-refractivity contribution < 1.29 is 14.3 Å². The van der Waals surface area contributed by atoms with E-state index < -0.39 is 0 Å². The van der Waals surface area contributed by atoms with Gasteiger partial charge in [-0.3, -0.25) is 9.59 Å². The van der Waals surface area contributed by atoms with Crippen LogP contribution in [0, 0.1) is 6.92 Å². The minimum atomic E-state index is -0.0886. The number of piperidine rings is 1. The van der Waals surface area contributed by atoms with Gasteiger partial charge in [0.05, 0.1) is 12.6 Å². The number of fused-ring (bicyclic) bond motifs is 1.